The van der Waals surface area contributed by atoms with Crippen LogP contribution in [-0.4, -0.2) is 19.5 Å². The highest BCUT2D eigenvalue weighted by molar-refractivity contribution is 4.78. The van der Waals surface area contributed by atoms with E-state index in [0.29, 0.717) is 0 Å². The van der Waals surface area contributed by atoms with Crippen LogP contribution in [0.1, 0.15) is 41.0 Å². The summed E-state index contributed by atoms with van der Waals surface area (Å²) in [6.45, 7) is 12.5. The number of ether oxygens (including phenoxy) is 2. The van der Waals surface area contributed by atoms with Gasteiger partial charge in [0.05, 0.1) is 13.2 Å². The molecule has 1 saturated heterocycles. The molecule has 13 heavy (non-hydrogen) atoms. The zero-order valence-corrected chi connectivity index (χ0v) is 9.52. The summed E-state index contributed by atoms with van der Waals surface area (Å²) < 4.78 is 11.5. The molecular weight excluding hydrogens is 164 g/mol. The molecule has 0 aromatic carbocycles. The molecule has 78 valence electrons. The lowest BCUT2D eigenvalue weighted by Gasteiger charge is -2.41. The molecule has 0 bridgehead atoms. The quantitative estimate of drug-likeness (QED) is 0.627. The Bertz CT molecular complexity index is 161. The van der Waals surface area contributed by atoms with Crippen molar-refractivity contribution < 1.29 is 9.47 Å². The lowest BCUT2D eigenvalue weighted by atomic mass is 9.87. The maximum absolute atomic E-state index is 5.73. The molecule has 0 N–H and O–H groups in total. The zero-order valence-electron chi connectivity index (χ0n) is 9.52. The van der Waals surface area contributed by atoms with Crippen LogP contribution in [0.5, 0.6) is 0 Å². The zero-order chi connectivity index (χ0) is 10.1. The van der Waals surface area contributed by atoms with E-state index in [1.165, 1.54) is 0 Å². The number of rotatable bonds is 1. The van der Waals surface area contributed by atoms with Crippen molar-refractivity contribution in [3.8, 4) is 0 Å². The molecule has 0 unspecified atom stereocenters. The monoisotopic (exact) mass is 186 g/mol. The van der Waals surface area contributed by atoms with Crippen molar-refractivity contribution in [2.45, 2.75) is 47.3 Å². The highest BCUT2D eigenvalue weighted by atomic mass is 16.7. The van der Waals surface area contributed by atoms with E-state index in [-0.39, 0.29) is 17.1 Å². The minimum absolute atomic E-state index is 0.0351. The lowest BCUT2D eigenvalue weighted by molar-refractivity contribution is -0.263. The first-order valence-electron chi connectivity index (χ1n) is 5.11. The van der Waals surface area contributed by atoms with E-state index in [4.69, 9.17) is 9.47 Å². The van der Waals surface area contributed by atoms with E-state index in [1.54, 1.807) is 0 Å². The maximum atomic E-state index is 5.73. The molecule has 1 aliphatic rings. The Kier molecular flexibility index (Phi) is 3.03. The molecule has 0 aromatic rings. The molecule has 1 heterocycles. The molecule has 1 aliphatic heterocycles. The predicted octanol–water partition coefficient (Wildman–Crippen LogP) is 2.82. The highest BCUT2D eigenvalue weighted by Crippen LogP contribution is 2.33. The largest absolute Gasteiger partial charge is 0.351 e. The van der Waals surface area contributed by atoms with E-state index < -0.39 is 0 Å². The lowest BCUT2D eigenvalue weighted by Crippen LogP contribution is -2.44. The molecule has 2 heteroatoms. The summed E-state index contributed by atoms with van der Waals surface area (Å²) in [5, 5.41) is 0. The third-order valence-electron chi connectivity index (χ3n) is 2.73. The first kappa shape index (κ1) is 11.0. The molecule has 1 rings (SSSR count). The minimum Gasteiger partial charge on any atom is -0.351 e. The van der Waals surface area contributed by atoms with Gasteiger partial charge in [-0.25, -0.2) is 0 Å². The third kappa shape index (κ3) is 2.68. The second-order valence-corrected chi connectivity index (χ2v) is 5.48. The van der Waals surface area contributed by atoms with Crippen LogP contribution in [-0.2, 0) is 9.47 Å². The van der Waals surface area contributed by atoms with Crippen LogP contribution in [0.2, 0.25) is 0 Å². The third-order valence-corrected chi connectivity index (χ3v) is 2.73. The normalized spacial score (nSPS) is 36.2. The van der Waals surface area contributed by atoms with Gasteiger partial charge < -0.3 is 9.47 Å². The van der Waals surface area contributed by atoms with Crippen LogP contribution in [0, 0.1) is 10.8 Å². The second kappa shape index (κ2) is 3.58. The number of hydrogen-bond acceptors (Lipinski definition) is 2. The van der Waals surface area contributed by atoms with Gasteiger partial charge in [0.25, 0.3) is 0 Å². The molecule has 0 aromatic heterocycles. The second-order valence-electron chi connectivity index (χ2n) is 5.48. The molecule has 1 fully saturated rings. The first-order chi connectivity index (χ1) is 5.87. The Morgan fingerprint density at radius 1 is 1.23 bits per heavy atom. The average Bonchev–Trinajstić information content (AvgIpc) is 2.04. The molecule has 0 spiro atoms. The molecule has 0 radical (unpaired) electrons. The first-order valence-corrected chi connectivity index (χ1v) is 5.11. The van der Waals surface area contributed by atoms with E-state index in [2.05, 4.69) is 34.6 Å². The van der Waals surface area contributed by atoms with Gasteiger partial charge in [0.1, 0.15) is 0 Å². The van der Waals surface area contributed by atoms with Crippen LogP contribution in [0.3, 0.4) is 0 Å². The van der Waals surface area contributed by atoms with Crippen LogP contribution in [0.4, 0.5) is 0 Å². The van der Waals surface area contributed by atoms with Crippen molar-refractivity contribution in [2.75, 3.05) is 13.2 Å². The average molecular weight is 186 g/mol. The van der Waals surface area contributed by atoms with Crippen molar-refractivity contribution in [1.82, 2.24) is 0 Å². The van der Waals surface area contributed by atoms with Crippen LogP contribution in [0.15, 0.2) is 0 Å². The van der Waals surface area contributed by atoms with Crippen LogP contribution >= 0.6 is 0 Å². The van der Waals surface area contributed by atoms with Crippen molar-refractivity contribution in [3.63, 3.8) is 0 Å². The van der Waals surface area contributed by atoms with Crippen LogP contribution < -0.4 is 0 Å². The molecular formula is C11H22O2. The van der Waals surface area contributed by atoms with E-state index in [9.17, 15) is 0 Å². The van der Waals surface area contributed by atoms with Crippen molar-refractivity contribution in [1.29, 1.82) is 0 Å². The summed E-state index contributed by atoms with van der Waals surface area (Å²) in [5.74, 6) is 0. The summed E-state index contributed by atoms with van der Waals surface area (Å²) in [4.78, 5) is 0. The fourth-order valence-electron chi connectivity index (χ4n) is 1.35. The summed E-state index contributed by atoms with van der Waals surface area (Å²) in [6.07, 6.45) is 1.08. The van der Waals surface area contributed by atoms with E-state index >= 15 is 0 Å². The van der Waals surface area contributed by atoms with Gasteiger partial charge in [-0.3, -0.25) is 0 Å². The SMILES string of the molecule is CCC1(C)COC(C(C)(C)C)OC1. The fourth-order valence-corrected chi connectivity index (χ4v) is 1.35. The Morgan fingerprint density at radius 2 is 1.69 bits per heavy atom. The fraction of sp³-hybridized carbons (Fsp3) is 1.00. The van der Waals surface area contributed by atoms with Crippen LogP contribution in [0.25, 0.3) is 0 Å². The smallest absolute Gasteiger partial charge is 0.162 e. The van der Waals surface area contributed by atoms with Gasteiger partial charge in [-0.1, -0.05) is 34.6 Å². The minimum atomic E-state index is -0.0351. The van der Waals surface area contributed by atoms with Gasteiger partial charge in [0, 0.05) is 10.8 Å². The summed E-state index contributed by atoms with van der Waals surface area (Å²) in [6, 6.07) is 0. The molecule has 0 saturated carbocycles. The van der Waals surface area contributed by atoms with Gasteiger partial charge in [0.2, 0.25) is 0 Å². The van der Waals surface area contributed by atoms with Gasteiger partial charge in [-0.2, -0.15) is 0 Å². The highest BCUT2D eigenvalue weighted by Gasteiger charge is 2.36. The number of hydrogen-bond donors (Lipinski definition) is 0. The Morgan fingerprint density at radius 3 is 2.00 bits per heavy atom. The van der Waals surface area contributed by atoms with Gasteiger partial charge >= 0.3 is 0 Å². The predicted molar refractivity (Wildman–Crippen MR) is 53.5 cm³/mol. The molecule has 0 aliphatic carbocycles. The molecule has 0 amide bonds. The van der Waals surface area contributed by atoms with Gasteiger partial charge in [-0.15, -0.1) is 0 Å². The van der Waals surface area contributed by atoms with Crippen molar-refractivity contribution in [3.05, 3.63) is 0 Å². The summed E-state index contributed by atoms with van der Waals surface area (Å²) in [7, 11) is 0. The topological polar surface area (TPSA) is 18.5 Å². The van der Waals surface area contributed by atoms with Crippen molar-refractivity contribution in [2.24, 2.45) is 10.8 Å². The van der Waals surface area contributed by atoms with E-state index in [0.717, 1.165) is 19.6 Å². The molecule has 2 nitrogen and oxygen atoms in total. The summed E-state index contributed by atoms with van der Waals surface area (Å²) in [5.41, 5.74) is 0.316. The maximum Gasteiger partial charge on any atom is 0.162 e. The Labute approximate surface area is 81.6 Å². The van der Waals surface area contributed by atoms with Gasteiger partial charge in [0.15, 0.2) is 6.29 Å². The standard InChI is InChI=1S/C11H22O2/c1-6-11(5)7-12-9(13-8-11)10(2,3)4/h9H,6-8H2,1-5H3. The Balaban J connectivity index is 2.48. The van der Waals surface area contributed by atoms with Crippen molar-refractivity contribution >= 4 is 0 Å². The molecule has 0 atom stereocenters. The summed E-state index contributed by atoms with van der Waals surface area (Å²) >= 11 is 0. The van der Waals surface area contributed by atoms with E-state index in [1.807, 2.05) is 0 Å². The Hall–Kier alpha value is -0.0800. The van der Waals surface area contributed by atoms with Gasteiger partial charge in [-0.05, 0) is 6.42 Å².